The van der Waals surface area contributed by atoms with Gasteiger partial charge in [-0.1, -0.05) is 12.1 Å². The molecule has 0 atom stereocenters. The third-order valence-corrected chi connectivity index (χ3v) is 3.00. The molecule has 21 heavy (non-hydrogen) atoms. The van der Waals surface area contributed by atoms with Gasteiger partial charge in [0.25, 0.3) is 5.91 Å². The summed E-state index contributed by atoms with van der Waals surface area (Å²) in [6, 6.07) is 11.1. The van der Waals surface area contributed by atoms with E-state index >= 15 is 0 Å². The maximum Gasteiger partial charge on any atom is 0.269 e. The van der Waals surface area contributed by atoms with Crippen LogP contribution in [0.4, 0.5) is 5.69 Å². The lowest BCUT2D eigenvalue weighted by molar-refractivity contribution is 0.0949. The van der Waals surface area contributed by atoms with Crippen molar-refractivity contribution in [2.24, 2.45) is 5.84 Å². The van der Waals surface area contributed by atoms with Crippen molar-refractivity contribution >= 4 is 11.6 Å². The number of hydrogen-bond donors (Lipinski definition) is 3. The Morgan fingerprint density at radius 1 is 1.33 bits per heavy atom. The van der Waals surface area contributed by atoms with Crippen LogP contribution in [0.2, 0.25) is 0 Å². The van der Waals surface area contributed by atoms with Gasteiger partial charge in [-0.05, 0) is 36.2 Å². The van der Waals surface area contributed by atoms with Crippen LogP contribution >= 0.6 is 0 Å². The van der Waals surface area contributed by atoms with Crippen molar-refractivity contribution < 1.29 is 9.53 Å². The molecule has 0 saturated heterocycles. The summed E-state index contributed by atoms with van der Waals surface area (Å²) >= 11 is 0. The van der Waals surface area contributed by atoms with Gasteiger partial charge in [-0.25, -0.2) is 4.98 Å². The van der Waals surface area contributed by atoms with E-state index in [2.05, 4.69) is 15.7 Å². The number of hydrazine groups is 1. The Morgan fingerprint density at radius 3 is 2.86 bits per heavy atom. The van der Waals surface area contributed by atoms with Crippen LogP contribution < -0.4 is 21.3 Å². The molecule has 0 aliphatic carbocycles. The highest BCUT2D eigenvalue weighted by Gasteiger charge is 2.06. The van der Waals surface area contributed by atoms with Gasteiger partial charge < -0.3 is 15.5 Å². The van der Waals surface area contributed by atoms with Crippen LogP contribution in [0.3, 0.4) is 0 Å². The molecule has 0 aliphatic rings. The third kappa shape index (κ3) is 4.19. The quantitative estimate of drug-likeness (QED) is 0.551. The molecule has 0 saturated carbocycles. The van der Waals surface area contributed by atoms with Crippen molar-refractivity contribution in [3.05, 3.63) is 53.9 Å². The number of hydrogen-bond acceptors (Lipinski definition) is 5. The Bertz CT molecular complexity index is 599. The first-order chi connectivity index (χ1) is 10.2. The normalized spacial score (nSPS) is 10.0. The van der Waals surface area contributed by atoms with Crippen LogP contribution in [-0.2, 0) is 6.42 Å². The molecule has 6 heteroatoms. The lowest BCUT2D eigenvalue weighted by atomic mass is 10.1. The maximum atomic E-state index is 11.9. The topological polar surface area (TPSA) is 89.3 Å². The minimum absolute atomic E-state index is 0.207. The maximum absolute atomic E-state index is 11.9. The van der Waals surface area contributed by atoms with Gasteiger partial charge in [0.1, 0.15) is 11.4 Å². The van der Waals surface area contributed by atoms with E-state index in [1.54, 1.807) is 19.2 Å². The molecule has 0 unspecified atom stereocenters. The predicted molar refractivity (Wildman–Crippen MR) is 81.1 cm³/mol. The van der Waals surface area contributed by atoms with Crippen LogP contribution in [0.25, 0.3) is 0 Å². The molecule has 0 aliphatic heterocycles. The lowest BCUT2D eigenvalue weighted by Gasteiger charge is -2.07. The summed E-state index contributed by atoms with van der Waals surface area (Å²) in [4.78, 5) is 15.9. The number of nitrogens with one attached hydrogen (secondary N) is 2. The van der Waals surface area contributed by atoms with Crippen molar-refractivity contribution in [2.75, 3.05) is 19.1 Å². The molecule has 1 amide bonds. The molecular formula is C15H18N4O2. The molecular weight excluding hydrogens is 268 g/mol. The summed E-state index contributed by atoms with van der Waals surface area (Å²) in [5, 5.41) is 2.83. The van der Waals surface area contributed by atoms with Crippen molar-refractivity contribution in [3.63, 3.8) is 0 Å². The van der Waals surface area contributed by atoms with Gasteiger partial charge in [0, 0.05) is 6.54 Å². The van der Waals surface area contributed by atoms with Crippen LogP contribution in [0.5, 0.6) is 5.75 Å². The first kappa shape index (κ1) is 14.8. The average Bonchev–Trinajstić information content (AvgIpc) is 2.55. The van der Waals surface area contributed by atoms with Gasteiger partial charge in [0.15, 0.2) is 0 Å². The third-order valence-electron chi connectivity index (χ3n) is 3.00. The number of carbonyl (C=O) groups excluding carboxylic acids is 1. The Balaban J connectivity index is 1.85. The highest BCUT2D eigenvalue weighted by Crippen LogP contribution is 2.12. The van der Waals surface area contributed by atoms with Crippen molar-refractivity contribution in [1.82, 2.24) is 10.3 Å². The van der Waals surface area contributed by atoms with Gasteiger partial charge in [-0.2, -0.15) is 0 Å². The Morgan fingerprint density at radius 2 is 2.19 bits per heavy atom. The number of anilines is 1. The molecule has 2 aromatic rings. The molecule has 6 nitrogen and oxygen atoms in total. The molecule has 4 N–H and O–H groups in total. The second-order valence-electron chi connectivity index (χ2n) is 4.43. The fraction of sp³-hybridized carbons (Fsp3) is 0.200. The summed E-state index contributed by atoms with van der Waals surface area (Å²) in [7, 11) is 1.63. The van der Waals surface area contributed by atoms with E-state index in [-0.39, 0.29) is 5.91 Å². The van der Waals surface area contributed by atoms with E-state index < -0.39 is 0 Å². The summed E-state index contributed by atoms with van der Waals surface area (Å²) in [5.74, 6) is 5.85. The highest BCUT2D eigenvalue weighted by atomic mass is 16.5. The lowest BCUT2D eigenvalue weighted by Crippen LogP contribution is -2.26. The first-order valence-corrected chi connectivity index (χ1v) is 6.56. The zero-order chi connectivity index (χ0) is 15.1. The smallest absolute Gasteiger partial charge is 0.269 e. The molecule has 1 aromatic carbocycles. The van der Waals surface area contributed by atoms with Gasteiger partial charge in [-0.3, -0.25) is 10.6 Å². The predicted octanol–water partition coefficient (Wildman–Crippen LogP) is 1.35. The van der Waals surface area contributed by atoms with E-state index in [0.29, 0.717) is 17.9 Å². The number of ether oxygens (including phenoxy) is 1. The first-order valence-electron chi connectivity index (χ1n) is 6.56. The number of nitrogens with zero attached hydrogens (tertiary/aromatic N) is 1. The monoisotopic (exact) mass is 286 g/mol. The molecule has 0 spiro atoms. The molecule has 1 heterocycles. The highest BCUT2D eigenvalue weighted by molar-refractivity contribution is 5.92. The molecule has 0 radical (unpaired) electrons. The number of aromatic nitrogens is 1. The fourth-order valence-electron chi connectivity index (χ4n) is 1.85. The second kappa shape index (κ2) is 7.25. The standard InChI is InChI=1S/C15H18N4O2/c1-21-13-4-2-3-11(9-13)7-8-17-15(20)14-6-5-12(19-16)10-18-14/h2-6,9-10,19H,7-8,16H2,1H3,(H,17,20). The number of benzene rings is 1. The summed E-state index contributed by atoms with van der Waals surface area (Å²) in [6.45, 7) is 0.532. The Kier molecular flexibility index (Phi) is 5.11. The SMILES string of the molecule is COc1cccc(CCNC(=O)c2ccc(NN)cn2)c1. The van der Waals surface area contributed by atoms with Crippen LogP contribution in [0, 0.1) is 0 Å². The van der Waals surface area contributed by atoms with Gasteiger partial charge in [0.05, 0.1) is 19.0 Å². The van der Waals surface area contributed by atoms with Gasteiger partial charge >= 0.3 is 0 Å². The molecule has 0 fully saturated rings. The number of methoxy groups -OCH3 is 1. The minimum Gasteiger partial charge on any atom is -0.497 e. The molecule has 2 rings (SSSR count). The number of amides is 1. The summed E-state index contributed by atoms with van der Waals surface area (Å²) in [6.07, 6.45) is 2.24. The van der Waals surface area contributed by atoms with E-state index in [1.807, 2.05) is 24.3 Å². The number of rotatable bonds is 6. The van der Waals surface area contributed by atoms with Crippen LogP contribution in [0.1, 0.15) is 16.1 Å². The number of nitrogen functional groups attached to an aromatic ring is 1. The van der Waals surface area contributed by atoms with Gasteiger partial charge in [-0.15, -0.1) is 0 Å². The molecule has 1 aromatic heterocycles. The summed E-state index contributed by atoms with van der Waals surface area (Å²) < 4.78 is 5.16. The summed E-state index contributed by atoms with van der Waals surface area (Å²) in [5.41, 5.74) is 4.58. The zero-order valence-electron chi connectivity index (χ0n) is 11.8. The van der Waals surface area contributed by atoms with Gasteiger partial charge in [0.2, 0.25) is 0 Å². The van der Waals surface area contributed by atoms with Crippen molar-refractivity contribution in [3.8, 4) is 5.75 Å². The number of nitrogens with two attached hydrogens (primary N) is 1. The molecule has 0 bridgehead atoms. The Labute approximate surface area is 123 Å². The largest absolute Gasteiger partial charge is 0.497 e. The van der Waals surface area contributed by atoms with Crippen molar-refractivity contribution in [1.29, 1.82) is 0 Å². The molecule has 110 valence electrons. The minimum atomic E-state index is -0.207. The van der Waals surface area contributed by atoms with Crippen LogP contribution in [-0.4, -0.2) is 24.5 Å². The number of carbonyl (C=O) groups is 1. The van der Waals surface area contributed by atoms with E-state index in [4.69, 9.17) is 10.6 Å². The van der Waals surface area contributed by atoms with E-state index in [1.165, 1.54) is 6.20 Å². The van der Waals surface area contributed by atoms with E-state index in [0.717, 1.165) is 17.7 Å². The van der Waals surface area contributed by atoms with Crippen LogP contribution in [0.15, 0.2) is 42.6 Å². The number of pyridine rings is 1. The Hall–Kier alpha value is -2.60. The average molecular weight is 286 g/mol. The van der Waals surface area contributed by atoms with E-state index in [9.17, 15) is 4.79 Å². The van der Waals surface area contributed by atoms with Crippen molar-refractivity contribution in [2.45, 2.75) is 6.42 Å². The zero-order valence-corrected chi connectivity index (χ0v) is 11.8. The fourth-order valence-corrected chi connectivity index (χ4v) is 1.85. The second-order valence-corrected chi connectivity index (χ2v) is 4.43.